The second kappa shape index (κ2) is 8.49. The number of benzene rings is 1. The van der Waals surface area contributed by atoms with Gasteiger partial charge in [-0.1, -0.05) is 24.1 Å². The van der Waals surface area contributed by atoms with Crippen molar-refractivity contribution in [2.24, 2.45) is 17.8 Å². The summed E-state index contributed by atoms with van der Waals surface area (Å²) >= 11 is 10.2. The smallest absolute Gasteiger partial charge is 0.309 e. The summed E-state index contributed by atoms with van der Waals surface area (Å²) in [5.74, 6) is 3.05. The Kier molecular flexibility index (Phi) is 6.19. The standard InChI is InChI=1S/C21H26ClNO3S2/c1-13-5-6-17(22)11-18(13)23-19(24)12-26-20(25)14-9-15-3-2-4-16(10-14)21(15)27-7-8-28-21/h5-6,11,14-16H,2-4,7-10,12H2,1H3,(H,23,24). The minimum absolute atomic E-state index is 0.0663. The molecule has 3 fully saturated rings. The summed E-state index contributed by atoms with van der Waals surface area (Å²) in [6, 6.07) is 5.33. The molecule has 1 spiro atoms. The van der Waals surface area contributed by atoms with Gasteiger partial charge in [-0.2, -0.15) is 0 Å². The summed E-state index contributed by atoms with van der Waals surface area (Å²) in [6.45, 7) is 1.65. The summed E-state index contributed by atoms with van der Waals surface area (Å²) in [5, 5.41) is 3.34. The van der Waals surface area contributed by atoms with Crippen molar-refractivity contribution < 1.29 is 14.3 Å². The predicted octanol–water partition coefficient (Wildman–Crippen LogP) is 5.13. The topological polar surface area (TPSA) is 55.4 Å². The third-order valence-corrected chi connectivity index (χ3v) is 10.5. The molecule has 2 atom stereocenters. The average Bonchev–Trinajstić information content (AvgIpc) is 3.12. The number of halogens is 1. The van der Waals surface area contributed by atoms with Crippen LogP contribution in [0.15, 0.2) is 18.2 Å². The molecule has 28 heavy (non-hydrogen) atoms. The normalized spacial score (nSPS) is 28.1. The van der Waals surface area contributed by atoms with E-state index in [2.05, 4.69) is 28.8 Å². The molecule has 1 heterocycles. The van der Waals surface area contributed by atoms with Crippen LogP contribution in [0.25, 0.3) is 0 Å². The molecule has 0 aromatic heterocycles. The molecule has 152 valence electrons. The molecular formula is C21H26ClNO3S2. The van der Waals surface area contributed by atoms with Crippen LogP contribution < -0.4 is 5.32 Å². The number of carbonyl (C=O) groups excluding carboxylic acids is 2. The molecule has 2 unspecified atom stereocenters. The van der Waals surface area contributed by atoms with Gasteiger partial charge in [0.15, 0.2) is 6.61 Å². The Bertz CT molecular complexity index is 750. The quantitative estimate of drug-likeness (QED) is 0.659. The first-order valence-corrected chi connectivity index (χ1v) is 12.3. The minimum atomic E-state index is -0.326. The second-order valence-electron chi connectivity index (χ2n) is 8.03. The van der Waals surface area contributed by atoms with Crippen molar-refractivity contribution in [3.05, 3.63) is 28.8 Å². The highest BCUT2D eigenvalue weighted by molar-refractivity contribution is 8.21. The summed E-state index contributed by atoms with van der Waals surface area (Å²) < 4.78 is 5.75. The Balaban J connectivity index is 1.32. The van der Waals surface area contributed by atoms with Crippen molar-refractivity contribution in [2.45, 2.75) is 43.1 Å². The zero-order chi connectivity index (χ0) is 19.7. The summed E-state index contributed by atoms with van der Waals surface area (Å²) in [7, 11) is 0. The average molecular weight is 440 g/mol. The lowest BCUT2D eigenvalue weighted by Crippen LogP contribution is -2.48. The lowest BCUT2D eigenvalue weighted by Gasteiger charge is -2.51. The van der Waals surface area contributed by atoms with E-state index in [1.807, 2.05) is 13.0 Å². The van der Waals surface area contributed by atoms with E-state index in [1.165, 1.54) is 30.8 Å². The zero-order valence-corrected chi connectivity index (χ0v) is 18.4. The summed E-state index contributed by atoms with van der Waals surface area (Å²) in [4.78, 5) is 24.9. The van der Waals surface area contributed by atoms with Gasteiger partial charge in [0.05, 0.1) is 10.00 Å². The van der Waals surface area contributed by atoms with Crippen molar-refractivity contribution in [1.29, 1.82) is 0 Å². The largest absolute Gasteiger partial charge is 0.455 e. The third kappa shape index (κ3) is 4.05. The molecule has 2 saturated carbocycles. The predicted molar refractivity (Wildman–Crippen MR) is 117 cm³/mol. The number of ether oxygens (including phenoxy) is 1. The molecule has 1 saturated heterocycles. The first-order valence-electron chi connectivity index (χ1n) is 9.98. The van der Waals surface area contributed by atoms with Crippen LogP contribution in [0.2, 0.25) is 5.02 Å². The van der Waals surface area contributed by atoms with Crippen LogP contribution in [0.3, 0.4) is 0 Å². The number of hydrogen-bond donors (Lipinski definition) is 1. The molecule has 4 nitrogen and oxygen atoms in total. The van der Waals surface area contributed by atoms with E-state index in [0.29, 0.717) is 26.6 Å². The van der Waals surface area contributed by atoms with E-state index in [4.69, 9.17) is 16.3 Å². The molecule has 4 rings (SSSR count). The summed E-state index contributed by atoms with van der Waals surface area (Å²) in [6.07, 6.45) is 5.53. The fourth-order valence-electron chi connectivity index (χ4n) is 4.97. The lowest BCUT2D eigenvalue weighted by molar-refractivity contribution is -0.154. The van der Waals surface area contributed by atoms with Gasteiger partial charge in [-0.25, -0.2) is 0 Å². The molecule has 3 aliphatic rings. The fourth-order valence-corrected chi connectivity index (χ4v) is 9.08. The number of anilines is 1. The van der Waals surface area contributed by atoms with E-state index in [1.54, 1.807) is 12.1 Å². The van der Waals surface area contributed by atoms with Gasteiger partial charge in [-0.05, 0) is 62.1 Å². The second-order valence-corrected chi connectivity index (χ2v) is 11.5. The van der Waals surface area contributed by atoms with Crippen molar-refractivity contribution in [1.82, 2.24) is 0 Å². The van der Waals surface area contributed by atoms with E-state index in [-0.39, 0.29) is 24.4 Å². The Labute approximate surface area is 179 Å². The number of carbonyl (C=O) groups is 2. The van der Waals surface area contributed by atoms with E-state index >= 15 is 0 Å². The molecule has 1 aliphatic heterocycles. The maximum atomic E-state index is 12.7. The van der Waals surface area contributed by atoms with Crippen molar-refractivity contribution in [3.8, 4) is 0 Å². The number of amides is 1. The number of hydrogen-bond acceptors (Lipinski definition) is 5. The molecule has 1 aromatic rings. The zero-order valence-electron chi connectivity index (χ0n) is 16.0. The monoisotopic (exact) mass is 439 g/mol. The van der Waals surface area contributed by atoms with Crippen LogP contribution in [0.1, 0.15) is 37.7 Å². The molecule has 0 radical (unpaired) electrons. The van der Waals surface area contributed by atoms with E-state index < -0.39 is 0 Å². The van der Waals surface area contributed by atoms with E-state index in [9.17, 15) is 9.59 Å². The van der Waals surface area contributed by atoms with Gasteiger partial charge in [0.2, 0.25) is 0 Å². The van der Waals surface area contributed by atoms with Crippen LogP contribution in [-0.2, 0) is 14.3 Å². The SMILES string of the molecule is Cc1ccc(Cl)cc1NC(=O)COC(=O)C1CC2CCCC(C1)C21SCCS1. The number of nitrogens with one attached hydrogen (secondary N) is 1. The molecular weight excluding hydrogens is 414 g/mol. The number of aryl methyl sites for hydroxylation is 1. The number of rotatable bonds is 4. The van der Waals surface area contributed by atoms with Crippen LogP contribution >= 0.6 is 35.1 Å². The Morgan fingerprint density at radius 2 is 1.89 bits per heavy atom. The maximum Gasteiger partial charge on any atom is 0.309 e. The number of esters is 1. The Morgan fingerprint density at radius 1 is 1.21 bits per heavy atom. The van der Waals surface area contributed by atoms with Crippen molar-refractivity contribution >= 4 is 52.7 Å². The first kappa shape index (κ1) is 20.4. The van der Waals surface area contributed by atoms with Crippen molar-refractivity contribution in [3.63, 3.8) is 0 Å². The van der Waals surface area contributed by atoms with Gasteiger partial charge < -0.3 is 10.1 Å². The van der Waals surface area contributed by atoms with Gasteiger partial charge in [0.25, 0.3) is 5.91 Å². The molecule has 1 amide bonds. The minimum Gasteiger partial charge on any atom is -0.455 e. The summed E-state index contributed by atoms with van der Waals surface area (Å²) in [5.41, 5.74) is 1.57. The Morgan fingerprint density at radius 3 is 2.57 bits per heavy atom. The molecule has 1 aromatic carbocycles. The fraction of sp³-hybridized carbons (Fsp3) is 0.619. The molecule has 1 N–H and O–H groups in total. The van der Waals surface area contributed by atoms with Crippen molar-refractivity contribution in [2.75, 3.05) is 23.4 Å². The van der Waals surface area contributed by atoms with Gasteiger partial charge in [0, 0.05) is 22.2 Å². The van der Waals surface area contributed by atoms with Crippen LogP contribution in [0, 0.1) is 24.7 Å². The Hall–Kier alpha value is -0.850. The van der Waals surface area contributed by atoms with E-state index in [0.717, 1.165) is 18.4 Å². The molecule has 2 aliphatic carbocycles. The maximum absolute atomic E-state index is 12.7. The highest BCUT2D eigenvalue weighted by Crippen LogP contribution is 2.64. The first-order chi connectivity index (χ1) is 13.5. The van der Waals surface area contributed by atoms with Gasteiger partial charge in [0.1, 0.15) is 0 Å². The third-order valence-electron chi connectivity index (χ3n) is 6.27. The highest BCUT2D eigenvalue weighted by atomic mass is 35.5. The lowest BCUT2D eigenvalue weighted by atomic mass is 9.67. The molecule has 7 heteroatoms. The number of thioether (sulfide) groups is 2. The van der Waals surface area contributed by atoms with Gasteiger partial charge >= 0.3 is 5.97 Å². The van der Waals surface area contributed by atoms with Crippen LogP contribution in [0.5, 0.6) is 0 Å². The van der Waals surface area contributed by atoms with Gasteiger partial charge in [-0.3, -0.25) is 9.59 Å². The highest BCUT2D eigenvalue weighted by Gasteiger charge is 2.55. The van der Waals surface area contributed by atoms with Crippen LogP contribution in [-0.4, -0.2) is 34.1 Å². The molecule has 2 bridgehead atoms. The van der Waals surface area contributed by atoms with Crippen LogP contribution in [0.4, 0.5) is 5.69 Å². The van der Waals surface area contributed by atoms with Gasteiger partial charge in [-0.15, -0.1) is 23.5 Å².